The summed E-state index contributed by atoms with van der Waals surface area (Å²) >= 11 is 1.85. The third-order valence-corrected chi connectivity index (χ3v) is 4.80. The van der Waals surface area contributed by atoms with Crippen LogP contribution in [0, 0.1) is 6.92 Å². The number of hydrogen-bond donors (Lipinski definition) is 2. The predicted octanol–water partition coefficient (Wildman–Crippen LogP) is 4.75. The maximum absolute atomic E-state index is 11.2. The van der Waals surface area contributed by atoms with E-state index in [2.05, 4.69) is 36.6 Å². The summed E-state index contributed by atoms with van der Waals surface area (Å²) in [6, 6.07) is 10.7. The number of nitrogens with one attached hydrogen (secondary N) is 2. The van der Waals surface area contributed by atoms with E-state index in [0.29, 0.717) is 0 Å². The largest absolute Gasteiger partial charge is 0.378 e. The van der Waals surface area contributed by atoms with Crippen LogP contribution in [-0.4, -0.2) is 5.91 Å². The van der Waals surface area contributed by atoms with Crippen LogP contribution in [0.15, 0.2) is 30.3 Å². The Morgan fingerprint density at radius 2 is 2.05 bits per heavy atom. The first-order valence-corrected chi connectivity index (χ1v) is 8.04. The van der Waals surface area contributed by atoms with Crippen molar-refractivity contribution in [2.24, 2.45) is 0 Å². The Morgan fingerprint density at radius 1 is 1.29 bits per heavy atom. The molecule has 2 aromatic rings. The molecule has 0 saturated heterocycles. The molecule has 112 valence electrons. The molecule has 0 aliphatic rings. The average molecular weight is 302 g/mol. The van der Waals surface area contributed by atoms with E-state index in [-0.39, 0.29) is 11.9 Å². The summed E-state index contributed by atoms with van der Waals surface area (Å²) in [5, 5.41) is 6.36. The fourth-order valence-corrected chi connectivity index (χ4v) is 3.13. The summed E-state index contributed by atoms with van der Waals surface area (Å²) in [5.41, 5.74) is 2.94. The van der Waals surface area contributed by atoms with Crippen molar-refractivity contribution in [3.63, 3.8) is 0 Å². The molecule has 1 aromatic carbocycles. The van der Waals surface area contributed by atoms with E-state index >= 15 is 0 Å². The van der Waals surface area contributed by atoms with Gasteiger partial charge in [-0.3, -0.25) is 4.79 Å². The monoisotopic (exact) mass is 302 g/mol. The van der Waals surface area contributed by atoms with Crippen LogP contribution in [0.2, 0.25) is 0 Å². The first-order chi connectivity index (χ1) is 9.99. The molecule has 3 nitrogen and oxygen atoms in total. The normalized spacial score (nSPS) is 12.0. The molecule has 0 spiro atoms. The molecule has 1 atom stereocenters. The van der Waals surface area contributed by atoms with Crippen molar-refractivity contribution in [3.8, 4) is 0 Å². The minimum absolute atomic E-state index is 0.0471. The smallest absolute Gasteiger partial charge is 0.221 e. The first kappa shape index (κ1) is 15.6. The Balaban J connectivity index is 2.13. The van der Waals surface area contributed by atoms with Gasteiger partial charge in [0.25, 0.3) is 0 Å². The molecule has 2 N–H and O–H groups in total. The number of amides is 1. The van der Waals surface area contributed by atoms with E-state index in [1.807, 2.05) is 36.5 Å². The third kappa shape index (κ3) is 4.08. The quantitative estimate of drug-likeness (QED) is 0.836. The van der Waals surface area contributed by atoms with Crippen LogP contribution >= 0.6 is 11.3 Å². The number of anilines is 2. The SMILES string of the molecule is CCc1ccc(C(C)Nc2ccc(C)c(NC(C)=O)c2)s1. The zero-order valence-electron chi connectivity index (χ0n) is 13.0. The number of benzene rings is 1. The van der Waals surface area contributed by atoms with Gasteiger partial charge in [0.1, 0.15) is 0 Å². The molecule has 0 radical (unpaired) electrons. The second-order valence-corrected chi connectivity index (χ2v) is 6.43. The van der Waals surface area contributed by atoms with E-state index in [4.69, 9.17) is 0 Å². The molecule has 1 heterocycles. The summed E-state index contributed by atoms with van der Waals surface area (Å²) < 4.78 is 0. The molecule has 1 amide bonds. The molecule has 21 heavy (non-hydrogen) atoms. The van der Waals surface area contributed by atoms with Crippen molar-refractivity contribution >= 4 is 28.6 Å². The van der Waals surface area contributed by atoms with E-state index in [9.17, 15) is 4.79 Å². The Morgan fingerprint density at radius 3 is 2.67 bits per heavy atom. The summed E-state index contributed by atoms with van der Waals surface area (Å²) in [7, 11) is 0. The molecule has 0 aliphatic carbocycles. The number of aryl methyl sites for hydroxylation is 2. The highest BCUT2D eigenvalue weighted by atomic mass is 32.1. The Labute approximate surface area is 130 Å². The van der Waals surface area contributed by atoms with Crippen LogP contribution in [0.5, 0.6) is 0 Å². The van der Waals surface area contributed by atoms with Crippen LogP contribution in [0.4, 0.5) is 11.4 Å². The van der Waals surface area contributed by atoms with Gasteiger partial charge in [-0.2, -0.15) is 0 Å². The molecule has 0 fully saturated rings. The second-order valence-electron chi connectivity index (χ2n) is 5.23. The molecule has 0 saturated carbocycles. The van der Waals surface area contributed by atoms with Gasteiger partial charge >= 0.3 is 0 Å². The predicted molar refractivity (Wildman–Crippen MR) is 91.2 cm³/mol. The Kier molecular flexibility index (Phi) is 5.02. The van der Waals surface area contributed by atoms with Crippen molar-refractivity contribution in [2.75, 3.05) is 10.6 Å². The van der Waals surface area contributed by atoms with Crippen molar-refractivity contribution < 1.29 is 4.79 Å². The van der Waals surface area contributed by atoms with Crippen molar-refractivity contribution in [1.82, 2.24) is 0 Å². The molecule has 2 rings (SSSR count). The second kappa shape index (κ2) is 6.76. The van der Waals surface area contributed by atoms with Crippen LogP contribution in [0.3, 0.4) is 0 Å². The van der Waals surface area contributed by atoms with Crippen LogP contribution in [-0.2, 0) is 11.2 Å². The lowest BCUT2D eigenvalue weighted by atomic mass is 10.1. The molecule has 1 unspecified atom stereocenters. The van der Waals surface area contributed by atoms with Crippen molar-refractivity contribution in [2.45, 2.75) is 40.2 Å². The van der Waals surface area contributed by atoms with E-state index in [1.54, 1.807) is 0 Å². The van der Waals surface area contributed by atoms with Gasteiger partial charge in [0.2, 0.25) is 5.91 Å². The maximum atomic E-state index is 11.2. The van der Waals surface area contributed by atoms with E-state index < -0.39 is 0 Å². The standard InChI is InChI=1S/C17H22N2OS/c1-5-15-8-9-17(21-15)12(3)18-14-7-6-11(2)16(10-14)19-13(4)20/h6-10,12,18H,5H2,1-4H3,(H,19,20). The maximum Gasteiger partial charge on any atom is 0.221 e. The number of thiophene rings is 1. The highest BCUT2D eigenvalue weighted by Crippen LogP contribution is 2.28. The van der Waals surface area contributed by atoms with Gasteiger partial charge in [-0.05, 0) is 50.1 Å². The highest BCUT2D eigenvalue weighted by Gasteiger charge is 2.09. The fraction of sp³-hybridized carbons (Fsp3) is 0.353. The highest BCUT2D eigenvalue weighted by molar-refractivity contribution is 7.12. The van der Waals surface area contributed by atoms with Gasteiger partial charge in [-0.15, -0.1) is 11.3 Å². The zero-order valence-corrected chi connectivity index (χ0v) is 13.8. The third-order valence-electron chi connectivity index (χ3n) is 3.39. The van der Waals surface area contributed by atoms with Gasteiger partial charge in [0.05, 0.1) is 6.04 Å². The number of carbonyl (C=O) groups is 1. The lowest BCUT2D eigenvalue weighted by Gasteiger charge is -2.16. The van der Waals surface area contributed by atoms with Gasteiger partial charge < -0.3 is 10.6 Å². The van der Waals surface area contributed by atoms with Crippen LogP contribution in [0.1, 0.15) is 42.1 Å². The van der Waals surface area contributed by atoms with Gasteiger partial charge in [0, 0.05) is 28.1 Å². The van der Waals surface area contributed by atoms with Crippen molar-refractivity contribution in [3.05, 3.63) is 45.6 Å². The summed E-state index contributed by atoms with van der Waals surface area (Å²) in [5.74, 6) is -0.0471. The van der Waals surface area contributed by atoms with Crippen molar-refractivity contribution in [1.29, 1.82) is 0 Å². The Bertz CT molecular complexity index is 633. The molecule has 0 aliphatic heterocycles. The summed E-state index contributed by atoms with van der Waals surface area (Å²) in [6.07, 6.45) is 1.08. The fourth-order valence-electron chi connectivity index (χ4n) is 2.17. The summed E-state index contributed by atoms with van der Waals surface area (Å²) in [6.45, 7) is 7.85. The lowest BCUT2D eigenvalue weighted by Crippen LogP contribution is -2.09. The lowest BCUT2D eigenvalue weighted by molar-refractivity contribution is -0.114. The van der Waals surface area contributed by atoms with Crippen LogP contribution < -0.4 is 10.6 Å². The topological polar surface area (TPSA) is 41.1 Å². The van der Waals surface area contributed by atoms with Gasteiger partial charge in [-0.25, -0.2) is 0 Å². The first-order valence-electron chi connectivity index (χ1n) is 7.23. The number of hydrogen-bond acceptors (Lipinski definition) is 3. The minimum Gasteiger partial charge on any atom is -0.378 e. The molecule has 1 aromatic heterocycles. The van der Waals surface area contributed by atoms with E-state index in [1.165, 1.54) is 16.7 Å². The molecule has 0 bridgehead atoms. The Hall–Kier alpha value is -1.81. The van der Waals surface area contributed by atoms with Gasteiger partial charge in [0.15, 0.2) is 0 Å². The minimum atomic E-state index is -0.0471. The molecule has 4 heteroatoms. The van der Waals surface area contributed by atoms with Gasteiger partial charge in [-0.1, -0.05) is 13.0 Å². The van der Waals surface area contributed by atoms with Crippen LogP contribution in [0.25, 0.3) is 0 Å². The molecular formula is C17H22N2OS. The number of carbonyl (C=O) groups excluding carboxylic acids is 1. The number of rotatable bonds is 5. The zero-order chi connectivity index (χ0) is 15.4. The van der Waals surface area contributed by atoms with E-state index in [0.717, 1.165) is 23.4 Å². The molecular weight excluding hydrogens is 280 g/mol. The summed E-state index contributed by atoms with van der Waals surface area (Å²) in [4.78, 5) is 14.0. The average Bonchev–Trinajstić information content (AvgIpc) is 2.91.